The van der Waals surface area contributed by atoms with Gasteiger partial charge in [0.1, 0.15) is 5.82 Å². The highest BCUT2D eigenvalue weighted by atomic mass is 19.2. The van der Waals surface area contributed by atoms with E-state index in [0.29, 0.717) is 36.5 Å². The first-order valence-corrected chi connectivity index (χ1v) is 12.4. The predicted octanol–water partition coefficient (Wildman–Crippen LogP) is 4.94. The van der Waals surface area contributed by atoms with Crippen LogP contribution in [0.25, 0.3) is 16.9 Å². The lowest BCUT2D eigenvalue weighted by Gasteiger charge is -2.44. The number of piperidine rings is 1. The SMILES string of the molecule is CCc1nc(C(=O)N2C3CCCC2c2nn(C)c(-c4cc(F)c(F)c(F)c4)c2C3)nn1-c1ccccc1. The van der Waals surface area contributed by atoms with Gasteiger partial charge in [0.15, 0.2) is 17.5 Å². The van der Waals surface area contributed by atoms with Crippen LogP contribution in [0.1, 0.15) is 59.9 Å². The highest BCUT2D eigenvalue weighted by Crippen LogP contribution is 2.45. The van der Waals surface area contributed by atoms with Crippen LogP contribution in [0.4, 0.5) is 13.2 Å². The van der Waals surface area contributed by atoms with Crippen molar-refractivity contribution in [3.63, 3.8) is 0 Å². The van der Waals surface area contributed by atoms with Gasteiger partial charge in [-0.25, -0.2) is 22.8 Å². The minimum absolute atomic E-state index is 0.134. The standard InChI is InChI=1S/C27H25F3N6O/c1-3-22-31-26(33-36(22)16-8-5-4-6-9-16)27(37)35-17-10-7-11-21(35)24-18(14-17)25(34(2)32-24)15-12-19(28)23(30)20(29)13-15/h4-6,8-9,12-13,17,21H,3,7,10-11,14H2,1-2H3. The highest BCUT2D eigenvalue weighted by molar-refractivity contribution is 5.91. The van der Waals surface area contributed by atoms with E-state index >= 15 is 0 Å². The molecule has 2 aromatic heterocycles. The van der Waals surface area contributed by atoms with Crippen LogP contribution in [0.3, 0.4) is 0 Å². The maximum Gasteiger partial charge on any atom is 0.294 e. The quantitative estimate of drug-likeness (QED) is 0.368. The van der Waals surface area contributed by atoms with Gasteiger partial charge in [0.05, 0.1) is 23.1 Å². The molecule has 0 N–H and O–H groups in total. The number of benzene rings is 2. The van der Waals surface area contributed by atoms with E-state index in [1.54, 1.807) is 16.4 Å². The summed E-state index contributed by atoms with van der Waals surface area (Å²) in [4.78, 5) is 20.2. The average molecular weight is 507 g/mol. The van der Waals surface area contributed by atoms with Crippen molar-refractivity contribution >= 4 is 5.91 Å². The first-order valence-electron chi connectivity index (χ1n) is 12.4. The number of rotatable bonds is 4. The molecule has 0 radical (unpaired) electrons. The number of halogens is 3. The van der Waals surface area contributed by atoms with Crippen molar-refractivity contribution in [2.75, 3.05) is 0 Å². The summed E-state index contributed by atoms with van der Waals surface area (Å²) in [5, 5.41) is 9.26. The lowest BCUT2D eigenvalue weighted by Crippen LogP contribution is -2.50. The maximum absolute atomic E-state index is 14.1. The van der Waals surface area contributed by atoms with Gasteiger partial charge < -0.3 is 4.90 Å². The molecule has 2 unspecified atom stereocenters. The van der Waals surface area contributed by atoms with E-state index in [0.717, 1.165) is 36.2 Å². The predicted molar refractivity (Wildman–Crippen MR) is 130 cm³/mol. The minimum atomic E-state index is -1.50. The van der Waals surface area contributed by atoms with Gasteiger partial charge in [-0.3, -0.25) is 9.48 Å². The number of carbonyl (C=O) groups is 1. The van der Waals surface area contributed by atoms with Crippen molar-refractivity contribution in [2.24, 2.45) is 7.05 Å². The monoisotopic (exact) mass is 506 g/mol. The van der Waals surface area contributed by atoms with Gasteiger partial charge in [-0.2, -0.15) is 5.10 Å². The number of para-hydroxylation sites is 1. The minimum Gasteiger partial charge on any atom is -0.324 e. The van der Waals surface area contributed by atoms with Gasteiger partial charge in [-0.15, -0.1) is 5.10 Å². The molecule has 1 amide bonds. The van der Waals surface area contributed by atoms with Crippen LogP contribution in [-0.2, 0) is 19.9 Å². The van der Waals surface area contributed by atoms with E-state index in [1.807, 2.05) is 42.2 Å². The second-order valence-electron chi connectivity index (χ2n) is 9.56. The zero-order valence-electron chi connectivity index (χ0n) is 20.5. The second kappa shape index (κ2) is 8.86. The Hall–Kier alpha value is -3.95. The number of fused-ring (bicyclic) bond motifs is 4. The van der Waals surface area contributed by atoms with Gasteiger partial charge in [-0.1, -0.05) is 25.1 Å². The summed E-state index contributed by atoms with van der Waals surface area (Å²) < 4.78 is 45.0. The Morgan fingerprint density at radius 2 is 1.78 bits per heavy atom. The zero-order valence-corrected chi connectivity index (χ0v) is 20.5. The molecule has 1 saturated heterocycles. The van der Waals surface area contributed by atoms with Crippen molar-refractivity contribution in [1.29, 1.82) is 0 Å². The van der Waals surface area contributed by atoms with Crippen molar-refractivity contribution in [3.05, 3.63) is 82.8 Å². The molecule has 0 spiro atoms. The fourth-order valence-corrected chi connectivity index (χ4v) is 5.76. The summed E-state index contributed by atoms with van der Waals surface area (Å²) in [6.45, 7) is 1.97. The fraction of sp³-hybridized carbons (Fsp3) is 0.333. The van der Waals surface area contributed by atoms with E-state index < -0.39 is 17.5 Å². The first-order chi connectivity index (χ1) is 17.9. The fourth-order valence-electron chi connectivity index (χ4n) is 5.76. The average Bonchev–Trinajstić information content (AvgIpc) is 3.48. The lowest BCUT2D eigenvalue weighted by molar-refractivity contribution is 0.0379. The molecule has 7 nitrogen and oxygen atoms in total. The molecule has 0 aliphatic carbocycles. The van der Waals surface area contributed by atoms with Crippen molar-refractivity contribution in [1.82, 2.24) is 29.4 Å². The molecule has 2 atom stereocenters. The molecule has 1 fully saturated rings. The topological polar surface area (TPSA) is 68.8 Å². The van der Waals surface area contributed by atoms with E-state index in [9.17, 15) is 18.0 Å². The molecule has 6 rings (SSSR count). The molecule has 190 valence electrons. The number of carbonyl (C=O) groups excluding carboxylic acids is 1. The zero-order chi connectivity index (χ0) is 25.8. The van der Waals surface area contributed by atoms with Crippen LogP contribution in [0.5, 0.6) is 0 Å². The maximum atomic E-state index is 14.1. The number of aromatic nitrogens is 5. The summed E-state index contributed by atoms with van der Waals surface area (Å²) in [5.41, 5.74) is 3.13. The van der Waals surface area contributed by atoms with Crippen molar-refractivity contribution in [2.45, 2.75) is 51.1 Å². The third-order valence-electron chi connectivity index (χ3n) is 7.35. The van der Waals surface area contributed by atoms with Crippen LogP contribution in [0.2, 0.25) is 0 Å². The van der Waals surface area contributed by atoms with Crippen molar-refractivity contribution in [3.8, 4) is 16.9 Å². The van der Waals surface area contributed by atoms with Gasteiger partial charge in [-0.05, 0) is 49.9 Å². The first kappa shape index (κ1) is 23.4. The molecule has 37 heavy (non-hydrogen) atoms. The summed E-state index contributed by atoms with van der Waals surface area (Å²) >= 11 is 0. The largest absolute Gasteiger partial charge is 0.324 e. The molecule has 4 heterocycles. The third-order valence-corrected chi connectivity index (χ3v) is 7.35. The van der Waals surface area contributed by atoms with Gasteiger partial charge in [0, 0.05) is 30.6 Å². The molecule has 10 heteroatoms. The highest BCUT2D eigenvalue weighted by Gasteiger charge is 2.44. The Balaban J connectivity index is 1.40. The van der Waals surface area contributed by atoms with Crippen molar-refractivity contribution < 1.29 is 18.0 Å². The molecule has 2 aliphatic rings. The Bertz CT molecular complexity index is 1490. The van der Waals surface area contributed by atoms with Crippen LogP contribution in [0, 0.1) is 17.5 Å². The van der Waals surface area contributed by atoms with E-state index in [1.165, 1.54) is 0 Å². The van der Waals surface area contributed by atoms with E-state index in [4.69, 9.17) is 0 Å². The molecule has 2 bridgehead atoms. The molecule has 2 aliphatic heterocycles. The van der Waals surface area contributed by atoms with E-state index in [-0.39, 0.29) is 29.4 Å². The van der Waals surface area contributed by atoms with Crippen LogP contribution >= 0.6 is 0 Å². The van der Waals surface area contributed by atoms with Gasteiger partial charge >= 0.3 is 0 Å². The summed E-state index contributed by atoms with van der Waals surface area (Å²) in [6.07, 6.45) is 3.50. The normalized spacial score (nSPS) is 18.7. The molecule has 4 aromatic rings. The Morgan fingerprint density at radius 1 is 1.05 bits per heavy atom. The van der Waals surface area contributed by atoms with Gasteiger partial charge in [0.25, 0.3) is 5.91 Å². The van der Waals surface area contributed by atoms with Crippen LogP contribution in [0.15, 0.2) is 42.5 Å². The number of hydrogen-bond donors (Lipinski definition) is 0. The lowest BCUT2D eigenvalue weighted by atomic mass is 9.81. The number of nitrogens with zero attached hydrogens (tertiary/aromatic N) is 6. The Kier molecular flexibility index (Phi) is 5.62. The summed E-state index contributed by atoms with van der Waals surface area (Å²) in [6, 6.07) is 11.1. The van der Waals surface area contributed by atoms with Gasteiger partial charge in [0.2, 0.25) is 5.82 Å². The van der Waals surface area contributed by atoms with Crippen LogP contribution in [-0.4, -0.2) is 41.4 Å². The van der Waals surface area contributed by atoms with Crippen LogP contribution < -0.4 is 0 Å². The molecular formula is C27H25F3N6O. The smallest absolute Gasteiger partial charge is 0.294 e. The Morgan fingerprint density at radius 3 is 2.49 bits per heavy atom. The Labute approximate surface area is 211 Å². The molecule has 0 saturated carbocycles. The number of hydrogen-bond acceptors (Lipinski definition) is 4. The second-order valence-corrected chi connectivity index (χ2v) is 9.56. The summed E-state index contributed by atoms with van der Waals surface area (Å²) in [5.74, 6) is -3.41. The molecule has 2 aromatic carbocycles. The third kappa shape index (κ3) is 3.73. The van der Waals surface area contributed by atoms with E-state index in [2.05, 4.69) is 15.2 Å². The number of aryl methyl sites for hydroxylation is 2. The molecular weight excluding hydrogens is 481 g/mol. The number of amides is 1. The summed E-state index contributed by atoms with van der Waals surface area (Å²) in [7, 11) is 1.69.